The van der Waals surface area contributed by atoms with Crippen LogP contribution in [-0.4, -0.2) is 60.9 Å². The average molecular weight is 532 g/mol. The monoisotopic (exact) mass is 531 g/mol. The van der Waals surface area contributed by atoms with Crippen LogP contribution in [0.25, 0.3) is 0 Å². The number of rotatable bonds is 21. The molecule has 212 valence electrons. The van der Waals surface area contributed by atoms with E-state index in [0.717, 1.165) is 37.7 Å². The van der Waals surface area contributed by atoms with E-state index in [0.29, 0.717) is 19.4 Å². The molecule has 0 bridgehead atoms. The average Bonchev–Trinajstić information content (AvgIpc) is 2.88. The number of ketones is 3. The highest BCUT2D eigenvalue weighted by atomic mass is 16.2. The smallest absolute Gasteiger partial charge is 0.239 e. The summed E-state index contributed by atoms with van der Waals surface area (Å²) in [5, 5.41) is 8.22. The van der Waals surface area contributed by atoms with E-state index < -0.39 is 29.6 Å². The zero-order chi connectivity index (χ0) is 28.3. The first-order valence-electron chi connectivity index (χ1n) is 13.5. The van der Waals surface area contributed by atoms with Gasteiger partial charge < -0.3 is 16.0 Å². The molecular formula is C28H45N5O5. The molecule has 0 heterocycles. The fourth-order valence-corrected chi connectivity index (χ4v) is 3.98. The lowest BCUT2D eigenvalue weighted by Crippen LogP contribution is -2.54. The van der Waals surface area contributed by atoms with Crippen LogP contribution in [0.4, 0.5) is 0 Å². The lowest BCUT2D eigenvalue weighted by molar-refractivity contribution is -0.138. The Bertz CT molecular complexity index is 891. The van der Waals surface area contributed by atoms with Crippen molar-refractivity contribution < 1.29 is 24.0 Å². The zero-order valence-corrected chi connectivity index (χ0v) is 23.0. The number of carbonyl (C=O) groups excluding carboxylic acids is 5. The minimum absolute atomic E-state index is 0.00478. The number of hydrazine groups is 1. The van der Waals surface area contributed by atoms with Crippen molar-refractivity contribution in [1.82, 2.24) is 21.4 Å². The number of amides is 2. The Balaban J connectivity index is 2.51. The number of Topliss-reactive ketones (excluding diaryl/α,β-unsaturated/α-hetero) is 3. The Morgan fingerprint density at radius 1 is 0.868 bits per heavy atom. The molecule has 0 radical (unpaired) electrons. The summed E-state index contributed by atoms with van der Waals surface area (Å²) >= 11 is 0. The summed E-state index contributed by atoms with van der Waals surface area (Å²) in [4.78, 5) is 61.4. The van der Waals surface area contributed by atoms with Crippen molar-refractivity contribution in [2.75, 3.05) is 19.6 Å². The highest BCUT2D eigenvalue weighted by Gasteiger charge is 2.29. The number of hydrogen-bond donors (Lipinski definition) is 5. The number of unbranched alkanes of at least 4 members (excludes halogenated alkanes) is 4. The first kappa shape index (κ1) is 33.1. The Morgan fingerprint density at radius 2 is 1.53 bits per heavy atom. The molecule has 10 heteroatoms. The maximum Gasteiger partial charge on any atom is 0.239 e. The first-order valence-corrected chi connectivity index (χ1v) is 13.5. The Kier molecular flexibility index (Phi) is 16.7. The van der Waals surface area contributed by atoms with Gasteiger partial charge in [-0.3, -0.25) is 29.8 Å². The maximum absolute atomic E-state index is 13.0. The number of carbonyl (C=O) groups is 5. The topological polar surface area (TPSA) is 159 Å². The van der Waals surface area contributed by atoms with Crippen LogP contribution >= 0.6 is 0 Å². The van der Waals surface area contributed by atoms with Gasteiger partial charge in [-0.1, -0.05) is 63.4 Å². The normalized spacial score (nSPS) is 12.6. The highest BCUT2D eigenvalue weighted by Crippen LogP contribution is 2.08. The molecule has 0 unspecified atom stereocenters. The molecular weight excluding hydrogens is 486 g/mol. The van der Waals surface area contributed by atoms with Gasteiger partial charge in [0.2, 0.25) is 23.4 Å². The van der Waals surface area contributed by atoms with Gasteiger partial charge in [-0.25, -0.2) is 5.43 Å². The molecule has 1 aromatic rings. The second-order valence-corrected chi connectivity index (χ2v) is 10.0. The molecule has 0 aliphatic rings. The van der Waals surface area contributed by atoms with Crippen molar-refractivity contribution in [2.24, 2.45) is 11.8 Å². The van der Waals surface area contributed by atoms with Crippen LogP contribution in [0.2, 0.25) is 0 Å². The molecule has 0 spiro atoms. The minimum Gasteiger partial charge on any atom is -0.356 e. The van der Waals surface area contributed by atoms with E-state index in [4.69, 9.17) is 5.84 Å². The number of hydrogen-bond acceptors (Lipinski definition) is 8. The van der Waals surface area contributed by atoms with E-state index in [1.54, 1.807) is 0 Å². The van der Waals surface area contributed by atoms with Crippen LogP contribution in [-0.2, 0) is 30.4 Å². The molecule has 0 aliphatic heterocycles. The molecule has 38 heavy (non-hydrogen) atoms. The van der Waals surface area contributed by atoms with Crippen LogP contribution in [0.3, 0.4) is 0 Å². The number of benzene rings is 1. The third-order valence-corrected chi connectivity index (χ3v) is 6.03. The van der Waals surface area contributed by atoms with Gasteiger partial charge in [0.15, 0.2) is 0 Å². The summed E-state index contributed by atoms with van der Waals surface area (Å²) in [6.07, 6.45) is 5.60. The molecule has 2 atom stereocenters. The van der Waals surface area contributed by atoms with Crippen LogP contribution in [0, 0.1) is 5.92 Å². The predicted molar refractivity (Wildman–Crippen MR) is 147 cm³/mol. The van der Waals surface area contributed by atoms with E-state index >= 15 is 0 Å². The highest BCUT2D eigenvalue weighted by molar-refractivity contribution is 6.40. The second-order valence-electron chi connectivity index (χ2n) is 10.0. The fourth-order valence-electron chi connectivity index (χ4n) is 3.98. The van der Waals surface area contributed by atoms with Crippen molar-refractivity contribution in [1.29, 1.82) is 0 Å². The van der Waals surface area contributed by atoms with Crippen molar-refractivity contribution in [2.45, 2.75) is 84.2 Å². The minimum atomic E-state index is -1.04. The molecule has 1 aromatic carbocycles. The summed E-state index contributed by atoms with van der Waals surface area (Å²) in [7, 11) is 0. The van der Waals surface area contributed by atoms with E-state index in [1.807, 2.05) is 44.2 Å². The quantitative estimate of drug-likeness (QED) is 0.0688. The Morgan fingerprint density at radius 3 is 2.16 bits per heavy atom. The maximum atomic E-state index is 13.0. The number of nitrogens with two attached hydrogens (primary N) is 1. The van der Waals surface area contributed by atoms with Crippen LogP contribution in [0.1, 0.15) is 71.3 Å². The summed E-state index contributed by atoms with van der Waals surface area (Å²) in [6.45, 7) is 5.80. The molecule has 0 saturated heterocycles. The van der Waals surface area contributed by atoms with Gasteiger partial charge in [0.25, 0.3) is 0 Å². The van der Waals surface area contributed by atoms with E-state index in [9.17, 15) is 24.0 Å². The van der Waals surface area contributed by atoms with Gasteiger partial charge in [0.1, 0.15) is 5.78 Å². The molecule has 2 amide bonds. The van der Waals surface area contributed by atoms with Crippen LogP contribution < -0.4 is 27.2 Å². The lowest BCUT2D eigenvalue weighted by atomic mass is 9.98. The van der Waals surface area contributed by atoms with Crippen LogP contribution in [0.15, 0.2) is 30.3 Å². The van der Waals surface area contributed by atoms with Gasteiger partial charge in [0, 0.05) is 26.3 Å². The zero-order valence-electron chi connectivity index (χ0n) is 23.0. The molecule has 0 saturated carbocycles. The molecule has 0 aromatic heterocycles. The summed E-state index contributed by atoms with van der Waals surface area (Å²) in [5.41, 5.74) is 3.29. The molecule has 1 rings (SSSR count). The summed E-state index contributed by atoms with van der Waals surface area (Å²) in [5.74, 6) is 3.83. The van der Waals surface area contributed by atoms with Gasteiger partial charge in [-0.2, -0.15) is 0 Å². The third kappa shape index (κ3) is 14.7. The molecule has 0 fully saturated rings. The third-order valence-electron chi connectivity index (χ3n) is 6.03. The summed E-state index contributed by atoms with van der Waals surface area (Å²) in [6, 6.07) is 7.40. The first-order chi connectivity index (χ1) is 18.1. The Hall–Kier alpha value is -2.95. The second kappa shape index (κ2) is 19.2. The number of nitrogens with one attached hydrogen (secondary N) is 4. The SMILES string of the molecule is CC(=O)NCCCCCCCC(=O)CNCC(=O)C(=O)[C@H](Cc1ccccc1)NC(=O)[C@H](CC(C)C)NN. The Labute approximate surface area is 226 Å². The largest absolute Gasteiger partial charge is 0.356 e. The van der Waals surface area contributed by atoms with Gasteiger partial charge in [-0.15, -0.1) is 0 Å². The molecule has 0 aliphatic carbocycles. The van der Waals surface area contributed by atoms with Gasteiger partial charge in [-0.05, 0) is 30.7 Å². The summed E-state index contributed by atoms with van der Waals surface area (Å²) < 4.78 is 0. The fraction of sp³-hybridized carbons (Fsp3) is 0.607. The van der Waals surface area contributed by atoms with Crippen LogP contribution in [0.5, 0.6) is 0 Å². The van der Waals surface area contributed by atoms with Crippen molar-refractivity contribution in [3.05, 3.63) is 35.9 Å². The van der Waals surface area contributed by atoms with Gasteiger partial charge >= 0.3 is 0 Å². The standard InChI is InChI=1S/C28H45N5O5/c1-20(2)16-25(33-29)28(38)32-24(17-22-12-8-7-9-13-22)27(37)26(36)19-30-18-23(35)14-10-5-4-6-11-15-31-21(3)34/h7-9,12-13,20,24-25,30,33H,4-6,10-11,14-19,29H2,1-3H3,(H,31,34)(H,32,38)/t24-,25-/m0/s1. The van der Waals surface area contributed by atoms with E-state index in [2.05, 4.69) is 21.4 Å². The van der Waals surface area contributed by atoms with Crippen molar-refractivity contribution in [3.63, 3.8) is 0 Å². The van der Waals surface area contributed by atoms with Crippen molar-refractivity contribution in [3.8, 4) is 0 Å². The van der Waals surface area contributed by atoms with Gasteiger partial charge in [0.05, 0.1) is 25.2 Å². The van der Waals surface area contributed by atoms with Crippen molar-refractivity contribution >= 4 is 29.2 Å². The lowest BCUT2D eigenvalue weighted by Gasteiger charge is -2.22. The van der Waals surface area contributed by atoms with E-state index in [1.165, 1.54) is 6.92 Å². The molecule has 6 N–H and O–H groups in total. The predicted octanol–water partition coefficient (Wildman–Crippen LogP) is 1.37. The molecule has 10 nitrogen and oxygen atoms in total. The van der Waals surface area contributed by atoms with E-state index in [-0.39, 0.29) is 37.1 Å².